The lowest BCUT2D eigenvalue weighted by Crippen LogP contribution is -2.41. The maximum atomic E-state index is 12.5. The quantitative estimate of drug-likeness (QED) is 0.464. The van der Waals surface area contributed by atoms with Gasteiger partial charge >= 0.3 is 0 Å². The molecule has 0 aliphatic heterocycles. The van der Waals surface area contributed by atoms with Gasteiger partial charge in [-0.15, -0.1) is 0 Å². The van der Waals surface area contributed by atoms with Crippen molar-refractivity contribution >= 4 is 23.6 Å². The van der Waals surface area contributed by atoms with Gasteiger partial charge in [-0.05, 0) is 42.5 Å². The predicted molar refractivity (Wildman–Crippen MR) is 118 cm³/mol. The molecule has 156 valence electrons. The second-order valence-corrected chi connectivity index (χ2v) is 7.82. The van der Waals surface area contributed by atoms with Gasteiger partial charge in [0.15, 0.2) is 0 Å². The lowest BCUT2D eigenvalue weighted by molar-refractivity contribution is -0.124. The van der Waals surface area contributed by atoms with Gasteiger partial charge in [0.25, 0.3) is 0 Å². The molecule has 0 saturated carbocycles. The summed E-state index contributed by atoms with van der Waals surface area (Å²) in [6.07, 6.45) is 5.92. The number of thioether (sulfide) groups is 1. The van der Waals surface area contributed by atoms with E-state index >= 15 is 0 Å². The van der Waals surface area contributed by atoms with Crippen LogP contribution in [-0.4, -0.2) is 41.4 Å². The molecule has 6 nitrogen and oxygen atoms in total. The zero-order chi connectivity index (χ0) is 20.9. The summed E-state index contributed by atoms with van der Waals surface area (Å²) in [5, 5.41) is 5.91. The summed E-state index contributed by atoms with van der Waals surface area (Å²) < 4.78 is 0. The number of nitrogens with two attached hydrogens (primary N) is 1. The Balaban J connectivity index is 1.81. The third kappa shape index (κ3) is 8.66. The first-order valence-corrected chi connectivity index (χ1v) is 11.3. The maximum Gasteiger partial charge on any atom is 0.236 e. The summed E-state index contributed by atoms with van der Waals surface area (Å²) in [5.74, 6) is 0.654. The molecule has 2 atom stereocenters. The molecule has 1 heterocycles. The summed E-state index contributed by atoms with van der Waals surface area (Å²) >= 11 is 1.67. The standard InChI is InChI=1S/C22H30N4O2S/c1-29-15-12-19(23)22(28)25-14-7-11-21(27)26-20(17-8-3-2-4-9-17)16-18-10-5-6-13-24-18/h2-6,8-10,13,19-20H,7,11-12,14-16,23H2,1H3,(H,25,28)(H,26,27)/t19-,20?/m0/s1. The van der Waals surface area contributed by atoms with E-state index in [4.69, 9.17) is 5.73 Å². The highest BCUT2D eigenvalue weighted by molar-refractivity contribution is 7.98. The third-order valence-electron chi connectivity index (χ3n) is 4.53. The number of carbonyl (C=O) groups is 2. The molecule has 0 spiro atoms. The van der Waals surface area contributed by atoms with Crippen LogP contribution in [0, 0.1) is 0 Å². The van der Waals surface area contributed by atoms with Crippen LogP contribution in [-0.2, 0) is 16.0 Å². The molecule has 4 N–H and O–H groups in total. The van der Waals surface area contributed by atoms with Crippen molar-refractivity contribution in [3.8, 4) is 0 Å². The Morgan fingerprint density at radius 2 is 1.90 bits per heavy atom. The van der Waals surface area contributed by atoms with Gasteiger partial charge in [-0.3, -0.25) is 14.6 Å². The molecule has 1 aromatic heterocycles. The molecule has 1 aromatic carbocycles. The molecule has 0 fully saturated rings. The second kappa shape index (κ2) is 13.0. The highest BCUT2D eigenvalue weighted by Crippen LogP contribution is 2.17. The monoisotopic (exact) mass is 414 g/mol. The Bertz CT molecular complexity index is 743. The predicted octanol–water partition coefficient (Wildman–Crippen LogP) is 2.46. The van der Waals surface area contributed by atoms with E-state index in [1.165, 1.54) is 0 Å². The van der Waals surface area contributed by atoms with Crippen molar-refractivity contribution in [2.75, 3.05) is 18.6 Å². The number of rotatable bonds is 12. The average Bonchev–Trinajstić information content (AvgIpc) is 2.75. The fourth-order valence-electron chi connectivity index (χ4n) is 2.90. The number of nitrogens with zero attached hydrogens (tertiary/aromatic N) is 1. The number of carbonyl (C=O) groups excluding carboxylic acids is 2. The maximum absolute atomic E-state index is 12.5. The van der Waals surface area contributed by atoms with Crippen LogP contribution in [0.1, 0.15) is 36.6 Å². The largest absolute Gasteiger partial charge is 0.355 e. The number of pyridine rings is 1. The number of benzene rings is 1. The van der Waals surface area contributed by atoms with E-state index in [9.17, 15) is 9.59 Å². The van der Waals surface area contributed by atoms with Crippen LogP contribution in [0.15, 0.2) is 54.7 Å². The molecule has 0 radical (unpaired) electrons. The van der Waals surface area contributed by atoms with Gasteiger partial charge in [0, 0.05) is 31.3 Å². The van der Waals surface area contributed by atoms with Crippen molar-refractivity contribution in [1.82, 2.24) is 15.6 Å². The minimum absolute atomic E-state index is 0.0456. The van der Waals surface area contributed by atoms with Gasteiger partial charge in [-0.1, -0.05) is 36.4 Å². The fourth-order valence-corrected chi connectivity index (χ4v) is 3.39. The van der Waals surface area contributed by atoms with Gasteiger partial charge < -0.3 is 16.4 Å². The molecule has 0 bridgehead atoms. The smallest absolute Gasteiger partial charge is 0.236 e. The van der Waals surface area contributed by atoms with E-state index in [0.717, 1.165) is 17.0 Å². The van der Waals surface area contributed by atoms with Crippen molar-refractivity contribution < 1.29 is 9.59 Å². The number of hydrogen-bond donors (Lipinski definition) is 3. The number of hydrogen-bond acceptors (Lipinski definition) is 5. The van der Waals surface area contributed by atoms with Crippen LogP contribution in [0.2, 0.25) is 0 Å². The molecular formula is C22H30N4O2S. The molecule has 2 rings (SSSR count). The van der Waals surface area contributed by atoms with Gasteiger partial charge in [0.2, 0.25) is 11.8 Å². The summed E-state index contributed by atoms with van der Waals surface area (Å²) in [6, 6.07) is 15.0. The second-order valence-electron chi connectivity index (χ2n) is 6.84. The van der Waals surface area contributed by atoms with Crippen molar-refractivity contribution in [2.45, 2.75) is 37.8 Å². The van der Waals surface area contributed by atoms with E-state index in [2.05, 4.69) is 15.6 Å². The Morgan fingerprint density at radius 3 is 2.59 bits per heavy atom. The van der Waals surface area contributed by atoms with E-state index in [1.54, 1.807) is 18.0 Å². The van der Waals surface area contributed by atoms with Gasteiger partial charge in [0.05, 0.1) is 12.1 Å². The topological polar surface area (TPSA) is 97.1 Å². The first-order valence-electron chi connectivity index (χ1n) is 9.86. The van der Waals surface area contributed by atoms with Crippen molar-refractivity contribution in [1.29, 1.82) is 0 Å². The van der Waals surface area contributed by atoms with Crippen LogP contribution in [0.5, 0.6) is 0 Å². The molecule has 2 amide bonds. The number of nitrogens with one attached hydrogen (secondary N) is 2. The van der Waals surface area contributed by atoms with E-state index in [-0.39, 0.29) is 17.9 Å². The van der Waals surface area contributed by atoms with E-state index < -0.39 is 6.04 Å². The normalized spacial score (nSPS) is 12.8. The van der Waals surface area contributed by atoms with E-state index in [1.807, 2.05) is 54.8 Å². The third-order valence-corrected chi connectivity index (χ3v) is 5.17. The fraction of sp³-hybridized carbons (Fsp3) is 0.409. The molecule has 0 aliphatic rings. The molecular weight excluding hydrogens is 384 g/mol. The zero-order valence-electron chi connectivity index (χ0n) is 16.8. The SMILES string of the molecule is CSCC[C@H](N)C(=O)NCCCC(=O)NC(Cc1ccccn1)c1ccccc1. The summed E-state index contributed by atoms with van der Waals surface area (Å²) in [4.78, 5) is 28.7. The molecule has 2 aromatic rings. The molecule has 0 aliphatic carbocycles. The highest BCUT2D eigenvalue weighted by Gasteiger charge is 2.16. The van der Waals surface area contributed by atoms with Crippen LogP contribution >= 0.6 is 11.8 Å². The Kier molecular flexibility index (Phi) is 10.2. The minimum atomic E-state index is -0.489. The summed E-state index contributed by atoms with van der Waals surface area (Å²) in [5.41, 5.74) is 7.80. The highest BCUT2D eigenvalue weighted by atomic mass is 32.2. The molecule has 1 unspecified atom stereocenters. The molecule has 7 heteroatoms. The van der Waals surface area contributed by atoms with Gasteiger partial charge in [-0.2, -0.15) is 11.8 Å². The van der Waals surface area contributed by atoms with Gasteiger partial charge in [0.1, 0.15) is 0 Å². The Hall–Kier alpha value is -2.38. The first-order chi connectivity index (χ1) is 14.1. The van der Waals surface area contributed by atoms with Crippen molar-refractivity contribution in [3.63, 3.8) is 0 Å². The van der Waals surface area contributed by atoms with Crippen LogP contribution in [0.25, 0.3) is 0 Å². The Labute approximate surface area is 177 Å². The Morgan fingerprint density at radius 1 is 1.14 bits per heavy atom. The van der Waals surface area contributed by atoms with Crippen LogP contribution in [0.3, 0.4) is 0 Å². The van der Waals surface area contributed by atoms with Crippen LogP contribution < -0.4 is 16.4 Å². The van der Waals surface area contributed by atoms with Gasteiger partial charge in [-0.25, -0.2) is 0 Å². The zero-order valence-corrected chi connectivity index (χ0v) is 17.7. The molecule has 0 saturated heterocycles. The first kappa shape index (κ1) is 22.9. The summed E-state index contributed by atoms with van der Waals surface area (Å²) in [6.45, 7) is 0.440. The average molecular weight is 415 g/mol. The lowest BCUT2D eigenvalue weighted by atomic mass is 10.0. The summed E-state index contributed by atoms with van der Waals surface area (Å²) in [7, 11) is 0. The van der Waals surface area contributed by atoms with Crippen LogP contribution in [0.4, 0.5) is 0 Å². The van der Waals surface area contributed by atoms with E-state index in [0.29, 0.717) is 32.2 Å². The molecule has 29 heavy (non-hydrogen) atoms. The van der Waals surface area contributed by atoms with Crippen molar-refractivity contribution in [2.24, 2.45) is 5.73 Å². The van der Waals surface area contributed by atoms with Crippen molar-refractivity contribution in [3.05, 3.63) is 66.0 Å². The minimum Gasteiger partial charge on any atom is -0.355 e. The number of amides is 2. The number of aromatic nitrogens is 1. The lowest BCUT2D eigenvalue weighted by Gasteiger charge is -2.19.